The minimum Gasteiger partial charge on any atom is -0.480 e. The van der Waals surface area contributed by atoms with Crippen molar-refractivity contribution < 1.29 is 49.8 Å². The van der Waals surface area contributed by atoms with Gasteiger partial charge in [0.15, 0.2) is 0 Å². The Morgan fingerprint density at radius 1 is 1.83 bits per heavy atom. The number of hydrogen-bond donors (Lipinski definition) is 3. The molecule has 0 bridgehead atoms. The molecule has 0 aliphatic heterocycles. The minimum absolute atomic E-state index is 0. The van der Waals surface area contributed by atoms with Crippen LogP contribution in [0.1, 0.15) is 5.69 Å². The maximum absolute atomic E-state index is 10.3. The quantitative estimate of drug-likeness (QED) is 0.692. The maximum atomic E-state index is 10.3. The Morgan fingerprint density at radius 2 is 2.50 bits per heavy atom. The Morgan fingerprint density at radius 3 is 2.92 bits per heavy atom. The molecule has 0 aromatic carbocycles. The first-order chi connectivity index (χ1) is 5.20. The van der Waals surface area contributed by atoms with Gasteiger partial charge in [-0.25, -0.2) is 4.98 Å². The number of nitrogens with two attached hydrogens (primary N) is 1. The van der Waals surface area contributed by atoms with Crippen LogP contribution in [-0.4, -0.2) is 27.1 Å². The fraction of sp³-hybridized carbons (Fsp3) is 0.333. The van der Waals surface area contributed by atoms with Gasteiger partial charge in [-0.2, -0.15) is 0 Å². The number of hydrogen-bond acceptors (Lipinski definition) is 3. The number of aliphatic carboxylic acids is 1. The van der Waals surface area contributed by atoms with Crippen LogP contribution in [0.25, 0.3) is 0 Å². The molecule has 1 aromatic heterocycles. The van der Waals surface area contributed by atoms with Crippen LogP contribution in [0, 0.1) is 39.9 Å². The van der Waals surface area contributed by atoms with Crippen molar-refractivity contribution >= 4 is 5.97 Å². The number of nitrogens with zero attached hydrogens (tertiary/aromatic N) is 1. The standard InChI is InChI=1S/C6H9N3O2.Gd/c7-5(6(10)11)1-4-2-8-3-9-4;/h2-3,5H,1,7H2,(H,8,9)(H,10,11);. The van der Waals surface area contributed by atoms with Gasteiger partial charge in [0.1, 0.15) is 6.04 Å². The van der Waals surface area contributed by atoms with Crippen LogP contribution in [0.5, 0.6) is 0 Å². The Hall–Kier alpha value is -0.0353. The van der Waals surface area contributed by atoms with Gasteiger partial charge in [0.05, 0.1) is 12.0 Å². The number of imidazole rings is 1. The first-order valence-corrected chi connectivity index (χ1v) is 3.16. The average Bonchev–Trinajstić information content (AvgIpc) is 2.39. The fourth-order valence-corrected chi connectivity index (χ4v) is 0.715. The number of rotatable bonds is 3. The molecule has 4 N–H and O–H groups in total. The fourth-order valence-electron chi connectivity index (χ4n) is 0.715. The van der Waals surface area contributed by atoms with Crippen LogP contribution in [0.2, 0.25) is 0 Å². The second kappa shape index (κ2) is 5.58. The third-order valence-electron chi connectivity index (χ3n) is 1.30. The molecule has 68 valence electrons. The van der Waals surface area contributed by atoms with Gasteiger partial charge in [-0.1, -0.05) is 0 Å². The normalized spacial score (nSPS) is 11.8. The van der Waals surface area contributed by atoms with Crippen molar-refractivity contribution in [2.24, 2.45) is 5.73 Å². The van der Waals surface area contributed by atoms with Crippen LogP contribution in [-0.2, 0) is 11.2 Å². The Balaban J connectivity index is 0.00000121. The van der Waals surface area contributed by atoms with E-state index in [-0.39, 0.29) is 46.4 Å². The summed E-state index contributed by atoms with van der Waals surface area (Å²) in [7, 11) is 0. The topological polar surface area (TPSA) is 92.0 Å². The van der Waals surface area contributed by atoms with E-state index in [2.05, 4.69) is 9.97 Å². The van der Waals surface area contributed by atoms with Gasteiger partial charge < -0.3 is 15.8 Å². The predicted molar refractivity (Wildman–Crippen MR) is 37.9 cm³/mol. The molecule has 0 aliphatic carbocycles. The zero-order valence-electron chi connectivity index (χ0n) is 6.17. The number of carboxylic acids is 1. The smallest absolute Gasteiger partial charge is 0.320 e. The van der Waals surface area contributed by atoms with Gasteiger partial charge in [0.2, 0.25) is 0 Å². The van der Waals surface area contributed by atoms with Crippen molar-refractivity contribution in [1.82, 2.24) is 9.97 Å². The van der Waals surface area contributed by atoms with Crippen LogP contribution in [0.15, 0.2) is 12.5 Å². The molecular weight excluding hydrogens is 303 g/mol. The monoisotopic (exact) mass is 313 g/mol. The minimum atomic E-state index is -1.01. The molecular formula is C6H9GdN3O2. The van der Waals surface area contributed by atoms with Crippen molar-refractivity contribution in [3.8, 4) is 0 Å². The molecule has 5 nitrogen and oxygen atoms in total. The summed E-state index contributed by atoms with van der Waals surface area (Å²) in [5.41, 5.74) is 5.92. The molecule has 0 saturated heterocycles. The van der Waals surface area contributed by atoms with E-state index in [0.29, 0.717) is 5.69 Å². The summed E-state index contributed by atoms with van der Waals surface area (Å²) in [6.07, 6.45) is 3.38. The molecule has 1 aromatic rings. The largest absolute Gasteiger partial charge is 0.480 e. The van der Waals surface area contributed by atoms with Crippen LogP contribution < -0.4 is 5.73 Å². The van der Waals surface area contributed by atoms with Gasteiger partial charge in [-0.15, -0.1) is 0 Å². The average molecular weight is 312 g/mol. The van der Waals surface area contributed by atoms with Gasteiger partial charge >= 0.3 is 5.97 Å². The third-order valence-corrected chi connectivity index (χ3v) is 1.30. The van der Waals surface area contributed by atoms with Gasteiger partial charge in [0.25, 0.3) is 0 Å². The van der Waals surface area contributed by atoms with Crippen LogP contribution in [0.3, 0.4) is 0 Å². The van der Waals surface area contributed by atoms with Gasteiger partial charge in [-0.05, 0) is 0 Å². The zero-order valence-corrected chi connectivity index (χ0v) is 8.44. The second-order valence-electron chi connectivity index (χ2n) is 2.21. The molecule has 1 heterocycles. The first kappa shape index (κ1) is 12.0. The summed E-state index contributed by atoms with van der Waals surface area (Å²) in [6, 6.07) is -0.863. The number of carboxylic acid groups (broad SMARTS) is 1. The summed E-state index contributed by atoms with van der Waals surface area (Å²) in [4.78, 5) is 16.8. The van der Waals surface area contributed by atoms with Gasteiger partial charge in [-0.3, -0.25) is 4.79 Å². The van der Waals surface area contributed by atoms with E-state index in [4.69, 9.17) is 10.8 Å². The Bertz CT molecular complexity index is 237. The van der Waals surface area contributed by atoms with Crippen molar-refractivity contribution in [1.29, 1.82) is 0 Å². The number of aromatic amines is 1. The molecule has 1 unspecified atom stereocenters. The SMILES string of the molecule is NC(Cc1c[nH]cn1)C(=O)O.[Gd]. The molecule has 0 aliphatic rings. The molecule has 0 saturated carbocycles. The van der Waals surface area contributed by atoms with Gasteiger partial charge in [0, 0.05) is 52.6 Å². The summed E-state index contributed by atoms with van der Waals surface area (Å²) < 4.78 is 0. The van der Waals surface area contributed by atoms with E-state index in [1.54, 1.807) is 6.20 Å². The summed E-state index contributed by atoms with van der Waals surface area (Å²) >= 11 is 0. The molecule has 6 heteroatoms. The Kier molecular flexibility index (Phi) is 5.57. The van der Waals surface area contributed by atoms with E-state index >= 15 is 0 Å². The summed E-state index contributed by atoms with van der Waals surface area (Å²) in [5, 5.41) is 8.42. The van der Waals surface area contributed by atoms with Crippen molar-refractivity contribution in [3.63, 3.8) is 0 Å². The number of H-pyrrole nitrogens is 1. The number of nitrogens with one attached hydrogen (secondary N) is 1. The van der Waals surface area contributed by atoms with Crippen molar-refractivity contribution in [3.05, 3.63) is 18.2 Å². The van der Waals surface area contributed by atoms with E-state index in [9.17, 15) is 4.79 Å². The molecule has 12 heavy (non-hydrogen) atoms. The zero-order chi connectivity index (χ0) is 8.27. The molecule has 0 radical (unpaired) electrons. The van der Waals surface area contributed by atoms with Crippen molar-refractivity contribution in [2.45, 2.75) is 12.5 Å². The Labute approximate surface area is 101 Å². The van der Waals surface area contributed by atoms with E-state index in [0.717, 1.165) is 0 Å². The molecule has 0 fully saturated rings. The van der Waals surface area contributed by atoms with E-state index in [1.165, 1.54) is 6.33 Å². The molecule has 0 spiro atoms. The second-order valence-corrected chi connectivity index (χ2v) is 2.21. The van der Waals surface area contributed by atoms with Crippen LogP contribution in [0.4, 0.5) is 0 Å². The van der Waals surface area contributed by atoms with E-state index in [1.807, 2.05) is 0 Å². The maximum Gasteiger partial charge on any atom is 0.320 e. The number of aromatic nitrogens is 2. The summed E-state index contributed by atoms with van der Waals surface area (Å²) in [6.45, 7) is 0. The predicted octanol–water partition coefficient (Wildman–Crippen LogP) is -0.636. The molecule has 1 atom stereocenters. The van der Waals surface area contributed by atoms with Crippen LogP contribution >= 0.6 is 0 Å². The molecule has 1 rings (SSSR count). The summed E-state index contributed by atoms with van der Waals surface area (Å²) in [5.74, 6) is -1.01. The first-order valence-electron chi connectivity index (χ1n) is 3.16. The van der Waals surface area contributed by atoms with E-state index < -0.39 is 12.0 Å². The third kappa shape index (κ3) is 3.58. The number of carbonyl (C=O) groups is 1. The van der Waals surface area contributed by atoms with Crippen molar-refractivity contribution in [2.75, 3.05) is 0 Å². The molecule has 0 amide bonds.